The van der Waals surface area contributed by atoms with Crippen LogP contribution in [0.15, 0.2) is 18.2 Å². The molecule has 2 N–H and O–H groups in total. The van der Waals surface area contributed by atoms with Crippen molar-refractivity contribution in [3.05, 3.63) is 28.8 Å². The van der Waals surface area contributed by atoms with Crippen LogP contribution >= 0.6 is 11.6 Å². The Kier molecular flexibility index (Phi) is 4.58. The Morgan fingerprint density at radius 1 is 1.62 bits per heavy atom. The highest BCUT2D eigenvalue weighted by atomic mass is 35.5. The van der Waals surface area contributed by atoms with Crippen molar-refractivity contribution in [2.75, 3.05) is 13.7 Å². The fourth-order valence-corrected chi connectivity index (χ4v) is 1.65. The standard InChI is InChI=1S/C11H14ClNO3/c1-3-16-9-5-4-7(6-8(9)12)10(13-2)11(14)15/h4-6,10,13H,3H2,1-2H3,(H,14,15). The monoisotopic (exact) mass is 243 g/mol. The van der Waals surface area contributed by atoms with E-state index in [1.807, 2.05) is 6.92 Å². The van der Waals surface area contributed by atoms with Crippen molar-refractivity contribution in [3.63, 3.8) is 0 Å². The van der Waals surface area contributed by atoms with Crippen molar-refractivity contribution in [3.8, 4) is 5.75 Å². The van der Waals surface area contributed by atoms with E-state index in [4.69, 9.17) is 21.4 Å². The molecular weight excluding hydrogens is 230 g/mol. The molecule has 16 heavy (non-hydrogen) atoms. The number of rotatable bonds is 5. The minimum absolute atomic E-state index is 0.417. The normalized spacial score (nSPS) is 12.2. The molecule has 0 aliphatic carbocycles. The van der Waals surface area contributed by atoms with Crippen molar-refractivity contribution in [2.24, 2.45) is 0 Å². The van der Waals surface area contributed by atoms with E-state index in [9.17, 15) is 4.79 Å². The lowest BCUT2D eigenvalue weighted by Gasteiger charge is -2.13. The van der Waals surface area contributed by atoms with E-state index < -0.39 is 12.0 Å². The van der Waals surface area contributed by atoms with E-state index in [1.54, 1.807) is 25.2 Å². The minimum Gasteiger partial charge on any atom is -0.492 e. The zero-order valence-corrected chi connectivity index (χ0v) is 9.91. The lowest BCUT2D eigenvalue weighted by atomic mass is 10.1. The number of nitrogens with one attached hydrogen (secondary N) is 1. The predicted octanol–water partition coefficient (Wildman–Crippen LogP) is 2.08. The Balaban J connectivity index is 2.99. The first-order valence-electron chi connectivity index (χ1n) is 4.92. The van der Waals surface area contributed by atoms with E-state index in [1.165, 1.54) is 0 Å². The summed E-state index contributed by atoms with van der Waals surface area (Å²) in [6, 6.07) is 4.20. The Bertz CT molecular complexity index is 381. The third-order valence-corrected chi connectivity index (χ3v) is 2.42. The minimum atomic E-state index is -0.942. The summed E-state index contributed by atoms with van der Waals surface area (Å²) in [4.78, 5) is 10.9. The van der Waals surface area contributed by atoms with Gasteiger partial charge in [-0.3, -0.25) is 4.79 Å². The maximum absolute atomic E-state index is 10.9. The molecule has 1 aromatic rings. The van der Waals surface area contributed by atoms with Gasteiger partial charge in [0.1, 0.15) is 11.8 Å². The van der Waals surface area contributed by atoms with Gasteiger partial charge in [-0.25, -0.2) is 0 Å². The van der Waals surface area contributed by atoms with Crippen molar-refractivity contribution in [1.29, 1.82) is 0 Å². The largest absolute Gasteiger partial charge is 0.492 e. The zero-order valence-electron chi connectivity index (χ0n) is 9.16. The Hall–Kier alpha value is -1.26. The van der Waals surface area contributed by atoms with Gasteiger partial charge < -0.3 is 15.2 Å². The van der Waals surface area contributed by atoms with Crippen LogP contribution in [0.4, 0.5) is 0 Å². The first-order valence-corrected chi connectivity index (χ1v) is 5.30. The molecule has 5 heteroatoms. The van der Waals surface area contributed by atoms with Crippen LogP contribution in [0.5, 0.6) is 5.75 Å². The van der Waals surface area contributed by atoms with Gasteiger partial charge in [0.25, 0.3) is 0 Å². The van der Waals surface area contributed by atoms with Crippen molar-refractivity contribution < 1.29 is 14.6 Å². The maximum atomic E-state index is 10.9. The number of hydrogen-bond donors (Lipinski definition) is 2. The molecule has 0 aliphatic heterocycles. The molecule has 0 spiro atoms. The van der Waals surface area contributed by atoms with Crippen LogP contribution in [-0.4, -0.2) is 24.7 Å². The molecule has 1 unspecified atom stereocenters. The molecule has 1 rings (SSSR count). The van der Waals surface area contributed by atoms with Crippen LogP contribution in [0.1, 0.15) is 18.5 Å². The summed E-state index contributed by atoms with van der Waals surface area (Å²) < 4.78 is 5.27. The maximum Gasteiger partial charge on any atom is 0.325 e. The van der Waals surface area contributed by atoms with Gasteiger partial charge in [0.2, 0.25) is 0 Å². The van der Waals surface area contributed by atoms with Crippen molar-refractivity contribution in [2.45, 2.75) is 13.0 Å². The highest BCUT2D eigenvalue weighted by molar-refractivity contribution is 6.32. The summed E-state index contributed by atoms with van der Waals surface area (Å²) in [6.45, 7) is 2.38. The molecule has 0 aliphatic rings. The molecular formula is C11H14ClNO3. The number of carbonyl (C=O) groups is 1. The van der Waals surface area contributed by atoms with Gasteiger partial charge in [0, 0.05) is 0 Å². The number of aliphatic carboxylic acids is 1. The van der Waals surface area contributed by atoms with Crippen molar-refractivity contribution >= 4 is 17.6 Å². The SMILES string of the molecule is CCOc1ccc(C(NC)C(=O)O)cc1Cl. The van der Waals surface area contributed by atoms with Crippen LogP contribution in [0.25, 0.3) is 0 Å². The lowest BCUT2D eigenvalue weighted by molar-refractivity contribution is -0.139. The van der Waals surface area contributed by atoms with Crippen LogP contribution < -0.4 is 10.1 Å². The van der Waals surface area contributed by atoms with Gasteiger partial charge in [-0.05, 0) is 31.7 Å². The van der Waals surface area contributed by atoms with Gasteiger partial charge in [0.15, 0.2) is 0 Å². The number of ether oxygens (including phenoxy) is 1. The highest BCUT2D eigenvalue weighted by Crippen LogP contribution is 2.27. The first-order chi connectivity index (χ1) is 7.60. The molecule has 0 saturated heterocycles. The van der Waals surface area contributed by atoms with E-state index >= 15 is 0 Å². The Morgan fingerprint density at radius 2 is 2.31 bits per heavy atom. The molecule has 0 bridgehead atoms. The quantitative estimate of drug-likeness (QED) is 0.831. The molecule has 0 saturated carbocycles. The second-order valence-electron chi connectivity index (χ2n) is 3.18. The molecule has 0 fully saturated rings. The fraction of sp³-hybridized carbons (Fsp3) is 0.364. The number of carboxylic acid groups (broad SMARTS) is 1. The summed E-state index contributed by atoms with van der Waals surface area (Å²) in [7, 11) is 1.59. The molecule has 4 nitrogen and oxygen atoms in total. The summed E-state index contributed by atoms with van der Waals surface area (Å²) in [5.41, 5.74) is 0.600. The van der Waals surface area contributed by atoms with Gasteiger partial charge in [-0.2, -0.15) is 0 Å². The van der Waals surface area contributed by atoms with Crippen LogP contribution in [0.2, 0.25) is 5.02 Å². The van der Waals surface area contributed by atoms with E-state index in [0.717, 1.165) is 0 Å². The smallest absolute Gasteiger partial charge is 0.325 e. The van der Waals surface area contributed by atoms with E-state index in [0.29, 0.717) is 22.9 Å². The molecule has 0 amide bonds. The van der Waals surface area contributed by atoms with Gasteiger partial charge in [-0.1, -0.05) is 17.7 Å². The van der Waals surface area contributed by atoms with E-state index in [2.05, 4.69) is 5.32 Å². The van der Waals surface area contributed by atoms with Gasteiger partial charge in [-0.15, -0.1) is 0 Å². The van der Waals surface area contributed by atoms with E-state index in [-0.39, 0.29) is 0 Å². The Labute approximate surface area is 99.2 Å². The average Bonchev–Trinajstić information content (AvgIpc) is 2.22. The summed E-state index contributed by atoms with van der Waals surface area (Å²) in [5, 5.41) is 12.1. The van der Waals surface area contributed by atoms with Crippen LogP contribution in [0, 0.1) is 0 Å². The number of hydrogen-bond acceptors (Lipinski definition) is 3. The predicted molar refractivity (Wildman–Crippen MR) is 62.1 cm³/mol. The zero-order chi connectivity index (χ0) is 12.1. The topological polar surface area (TPSA) is 58.6 Å². The molecule has 1 aromatic carbocycles. The molecule has 0 aromatic heterocycles. The molecule has 0 radical (unpaired) electrons. The molecule has 88 valence electrons. The first kappa shape index (κ1) is 12.8. The van der Waals surface area contributed by atoms with Gasteiger partial charge in [0.05, 0.1) is 11.6 Å². The fourth-order valence-electron chi connectivity index (χ4n) is 1.40. The number of carboxylic acids is 1. The average molecular weight is 244 g/mol. The highest BCUT2D eigenvalue weighted by Gasteiger charge is 2.18. The van der Waals surface area contributed by atoms with Crippen LogP contribution in [-0.2, 0) is 4.79 Å². The lowest BCUT2D eigenvalue weighted by Crippen LogP contribution is -2.24. The Morgan fingerprint density at radius 3 is 2.75 bits per heavy atom. The number of likely N-dealkylation sites (N-methyl/N-ethyl adjacent to an activating group) is 1. The second-order valence-corrected chi connectivity index (χ2v) is 3.59. The molecule has 1 atom stereocenters. The van der Waals surface area contributed by atoms with Crippen LogP contribution in [0.3, 0.4) is 0 Å². The number of benzene rings is 1. The summed E-state index contributed by atoms with van der Waals surface area (Å²) in [6.07, 6.45) is 0. The third-order valence-electron chi connectivity index (χ3n) is 2.12. The summed E-state index contributed by atoms with van der Waals surface area (Å²) >= 11 is 5.97. The molecule has 0 heterocycles. The second kappa shape index (κ2) is 5.72. The van der Waals surface area contributed by atoms with Crippen molar-refractivity contribution in [1.82, 2.24) is 5.32 Å². The van der Waals surface area contributed by atoms with Gasteiger partial charge >= 0.3 is 5.97 Å². The number of halogens is 1. The summed E-state index contributed by atoms with van der Waals surface area (Å²) in [5.74, 6) is -0.379. The third kappa shape index (κ3) is 2.87.